The predicted molar refractivity (Wildman–Crippen MR) is 105 cm³/mol. The first kappa shape index (κ1) is 19.0. The van der Waals surface area contributed by atoms with Gasteiger partial charge in [-0.25, -0.2) is 22.9 Å². The number of nitrogen functional groups attached to an aromatic ring is 1. The number of rotatable bonds is 5. The zero-order valence-electron chi connectivity index (χ0n) is 15.9. The fraction of sp³-hybridized carbons (Fsp3) is 0.500. The van der Waals surface area contributed by atoms with Gasteiger partial charge in [0.2, 0.25) is 10.0 Å². The van der Waals surface area contributed by atoms with Crippen molar-refractivity contribution in [2.75, 3.05) is 26.0 Å². The second kappa shape index (κ2) is 6.94. The van der Waals surface area contributed by atoms with Crippen LogP contribution in [0.4, 0.5) is 5.82 Å². The molecule has 2 aromatic rings. The van der Waals surface area contributed by atoms with Gasteiger partial charge in [-0.05, 0) is 25.3 Å². The Hall–Kier alpha value is -2.30. The molecule has 2 atom stereocenters. The fourth-order valence-electron chi connectivity index (χ4n) is 4.02. The van der Waals surface area contributed by atoms with Crippen molar-refractivity contribution in [2.24, 2.45) is 0 Å². The van der Waals surface area contributed by atoms with Crippen LogP contribution in [0, 0.1) is 0 Å². The van der Waals surface area contributed by atoms with E-state index in [1.165, 1.54) is 6.33 Å². The van der Waals surface area contributed by atoms with Gasteiger partial charge in [0.25, 0.3) is 0 Å². The van der Waals surface area contributed by atoms with Crippen LogP contribution in [0.1, 0.15) is 31.9 Å². The van der Waals surface area contributed by atoms with Crippen molar-refractivity contribution in [1.82, 2.24) is 23.9 Å². The normalized spacial score (nSPS) is 26.1. The molecule has 3 heterocycles. The Bertz CT molecular complexity index is 1060. The van der Waals surface area contributed by atoms with Crippen LogP contribution in [-0.2, 0) is 20.2 Å². The lowest BCUT2D eigenvalue weighted by Crippen LogP contribution is -2.39. The minimum atomic E-state index is -3.62. The summed E-state index contributed by atoms with van der Waals surface area (Å²) in [6, 6.07) is -0.124. The summed E-state index contributed by atoms with van der Waals surface area (Å²) < 4.78 is 35.1. The minimum Gasteiger partial charge on any atom is -0.383 e. The van der Waals surface area contributed by atoms with Crippen LogP contribution < -0.4 is 5.73 Å². The molecule has 150 valence electrons. The highest BCUT2D eigenvalue weighted by molar-refractivity contribution is 7.93. The summed E-state index contributed by atoms with van der Waals surface area (Å²) in [6.07, 6.45) is 10.7. The van der Waals surface area contributed by atoms with E-state index in [9.17, 15) is 8.42 Å². The molecule has 28 heavy (non-hydrogen) atoms. The quantitative estimate of drug-likeness (QED) is 0.797. The van der Waals surface area contributed by atoms with Gasteiger partial charge in [-0.2, -0.15) is 9.40 Å². The highest BCUT2D eigenvalue weighted by Crippen LogP contribution is 2.37. The zero-order valence-corrected chi connectivity index (χ0v) is 16.8. The van der Waals surface area contributed by atoms with E-state index in [0.29, 0.717) is 30.1 Å². The molecule has 2 aliphatic rings. The Morgan fingerprint density at radius 2 is 2.21 bits per heavy atom. The number of fused-ring (bicyclic) bond motifs is 1. The molecule has 9 nitrogen and oxygen atoms in total. The monoisotopic (exact) mass is 404 g/mol. The van der Waals surface area contributed by atoms with E-state index in [2.05, 4.69) is 15.1 Å². The molecule has 1 aliphatic carbocycles. The summed E-state index contributed by atoms with van der Waals surface area (Å²) >= 11 is 0. The molecule has 0 amide bonds. The molecule has 0 radical (unpaired) electrons. The number of sulfonamides is 1. The summed E-state index contributed by atoms with van der Waals surface area (Å²) in [5.74, 6) is 0.285. The second-order valence-electron chi connectivity index (χ2n) is 7.46. The number of anilines is 1. The van der Waals surface area contributed by atoms with Crippen molar-refractivity contribution in [3.8, 4) is 0 Å². The summed E-state index contributed by atoms with van der Waals surface area (Å²) in [5.41, 5.74) is 6.53. The number of nitrogens with two attached hydrogens (primary N) is 1. The van der Waals surface area contributed by atoms with Crippen molar-refractivity contribution in [3.05, 3.63) is 41.4 Å². The highest BCUT2D eigenvalue weighted by Gasteiger charge is 2.39. The minimum absolute atomic E-state index is 0.124. The summed E-state index contributed by atoms with van der Waals surface area (Å²) in [5, 5.41) is 4.26. The Morgan fingerprint density at radius 1 is 1.39 bits per heavy atom. The summed E-state index contributed by atoms with van der Waals surface area (Å²) in [7, 11) is -2.02. The van der Waals surface area contributed by atoms with E-state index in [-0.39, 0.29) is 11.9 Å². The first-order valence-corrected chi connectivity index (χ1v) is 10.7. The number of hydrogen-bond donors (Lipinski definition) is 1. The number of hydrogen-bond acceptors (Lipinski definition) is 7. The van der Waals surface area contributed by atoms with E-state index in [1.54, 1.807) is 34.3 Å². The molecule has 0 bridgehead atoms. The first-order valence-electron chi connectivity index (χ1n) is 9.22. The molecule has 1 saturated heterocycles. The fourth-order valence-corrected chi connectivity index (χ4v) is 5.90. The lowest BCUT2D eigenvalue weighted by molar-refractivity contribution is 0.149. The zero-order chi connectivity index (χ0) is 19.9. The number of imidazole rings is 1. The van der Waals surface area contributed by atoms with Gasteiger partial charge in [-0.1, -0.05) is 19.1 Å². The van der Waals surface area contributed by atoms with E-state index < -0.39 is 15.4 Å². The molecule has 0 saturated carbocycles. The standard InChI is InChI=1S/C18H24N6O3S/c1-18(15-10-20-17-16(19)21-12-22-24(15)17)7-3-6-14(9-18)28(25,26)23-8-4-5-13(23)11-27-2/h3,6,9-10,12-13H,4-5,7-8,11H2,1-2H3,(H2,19,21,22). The van der Waals surface area contributed by atoms with Gasteiger partial charge < -0.3 is 10.5 Å². The van der Waals surface area contributed by atoms with Gasteiger partial charge in [-0.15, -0.1) is 0 Å². The molecule has 1 aliphatic heterocycles. The van der Waals surface area contributed by atoms with Crippen molar-refractivity contribution in [1.29, 1.82) is 0 Å². The van der Waals surface area contributed by atoms with E-state index in [1.807, 2.05) is 13.0 Å². The van der Waals surface area contributed by atoms with Crippen LogP contribution in [0.5, 0.6) is 0 Å². The molecule has 4 rings (SSSR count). The first-order chi connectivity index (χ1) is 13.4. The third-order valence-corrected chi connectivity index (χ3v) is 7.44. The van der Waals surface area contributed by atoms with E-state index in [4.69, 9.17) is 10.5 Å². The lowest BCUT2D eigenvalue weighted by atomic mass is 9.81. The molecular formula is C18H24N6O3S. The number of aromatic nitrogens is 4. The van der Waals surface area contributed by atoms with Gasteiger partial charge in [0.05, 0.1) is 23.4 Å². The number of methoxy groups -OCH3 is 1. The topological polar surface area (TPSA) is 116 Å². The van der Waals surface area contributed by atoms with Gasteiger partial charge in [0, 0.05) is 25.1 Å². The van der Waals surface area contributed by atoms with Crippen molar-refractivity contribution < 1.29 is 13.2 Å². The van der Waals surface area contributed by atoms with Crippen LogP contribution in [0.2, 0.25) is 0 Å². The van der Waals surface area contributed by atoms with Crippen molar-refractivity contribution >= 4 is 21.5 Å². The third kappa shape index (κ3) is 3.01. The SMILES string of the molecule is COCC1CCCN1S(=O)(=O)C1=CC(C)(c2cnc3c(N)ncnn23)CC=C1. The highest BCUT2D eigenvalue weighted by atomic mass is 32.2. The Labute approximate surface area is 164 Å². The van der Waals surface area contributed by atoms with Gasteiger partial charge >= 0.3 is 0 Å². The largest absolute Gasteiger partial charge is 0.383 e. The number of ether oxygens (including phenoxy) is 1. The predicted octanol–water partition coefficient (Wildman–Crippen LogP) is 1.25. The smallest absolute Gasteiger partial charge is 0.243 e. The molecule has 10 heteroatoms. The molecule has 2 N–H and O–H groups in total. The van der Waals surface area contributed by atoms with Crippen LogP contribution in [0.15, 0.2) is 35.7 Å². The molecular weight excluding hydrogens is 380 g/mol. The maximum absolute atomic E-state index is 13.3. The molecule has 1 fully saturated rings. The average molecular weight is 404 g/mol. The van der Waals surface area contributed by atoms with Crippen LogP contribution in [0.25, 0.3) is 5.65 Å². The number of allylic oxidation sites excluding steroid dienone is 3. The molecule has 0 spiro atoms. The Kier molecular flexibility index (Phi) is 4.72. The maximum atomic E-state index is 13.3. The van der Waals surface area contributed by atoms with Gasteiger partial charge in [0.15, 0.2) is 11.5 Å². The van der Waals surface area contributed by atoms with Crippen LogP contribution in [-0.4, -0.2) is 58.6 Å². The van der Waals surface area contributed by atoms with E-state index in [0.717, 1.165) is 18.5 Å². The average Bonchev–Trinajstić information content (AvgIpc) is 3.30. The number of nitrogens with zero attached hydrogens (tertiary/aromatic N) is 5. The second-order valence-corrected chi connectivity index (χ2v) is 9.35. The third-order valence-electron chi connectivity index (χ3n) is 5.49. The van der Waals surface area contributed by atoms with Crippen LogP contribution in [0.3, 0.4) is 0 Å². The van der Waals surface area contributed by atoms with Gasteiger partial charge in [0.1, 0.15) is 6.33 Å². The summed E-state index contributed by atoms with van der Waals surface area (Å²) in [4.78, 5) is 8.58. The van der Waals surface area contributed by atoms with Crippen molar-refractivity contribution in [3.63, 3.8) is 0 Å². The Morgan fingerprint density at radius 3 is 3.00 bits per heavy atom. The Balaban J connectivity index is 1.75. The summed E-state index contributed by atoms with van der Waals surface area (Å²) in [6.45, 7) is 2.89. The lowest BCUT2D eigenvalue weighted by Gasteiger charge is -2.30. The van der Waals surface area contributed by atoms with E-state index >= 15 is 0 Å². The van der Waals surface area contributed by atoms with Crippen LogP contribution >= 0.6 is 0 Å². The van der Waals surface area contributed by atoms with Crippen molar-refractivity contribution in [2.45, 2.75) is 37.6 Å². The van der Waals surface area contributed by atoms with Gasteiger partial charge in [-0.3, -0.25) is 0 Å². The molecule has 2 aromatic heterocycles. The molecule has 0 aromatic carbocycles. The molecule has 2 unspecified atom stereocenters. The maximum Gasteiger partial charge on any atom is 0.243 e.